The predicted molar refractivity (Wildman–Crippen MR) is 75.5 cm³/mol. The molecular weight excluding hydrogens is 266 g/mol. The number of thioether (sulfide) groups is 1. The Balaban J connectivity index is 2.16. The lowest BCUT2D eigenvalue weighted by Crippen LogP contribution is -2.29. The van der Waals surface area contributed by atoms with Crippen LogP contribution in [0.25, 0.3) is 0 Å². The van der Waals surface area contributed by atoms with Gasteiger partial charge in [-0.1, -0.05) is 12.1 Å². The highest BCUT2D eigenvalue weighted by molar-refractivity contribution is 7.98. The van der Waals surface area contributed by atoms with Gasteiger partial charge in [-0.25, -0.2) is 15.1 Å². The Bertz CT molecular complexity index is 532. The van der Waals surface area contributed by atoms with Crippen molar-refractivity contribution in [3.05, 3.63) is 34.4 Å². The average Bonchev–Trinajstić information content (AvgIpc) is 2.83. The van der Waals surface area contributed by atoms with Crippen LogP contribution in [-0.4, -0.2) is 41.6 Å². The smallest absolute Gasteiger partial charge is 0.276 e. The fourth-order valence-electron chi connectivity index (χ4n) is 1.65. The first kappa shape index (κ1) is 13.3. The van der Waals surface area contributed by atoms with E-state index in [0.717, 1.165) is 10.6 Å². The molecule has 8 heteroatoms. The SMILES string of the molecule is CSc1ccccc1N=CN1CCNC1=N[N+](=O)[O-]. The minimum absolute atomic E-state index is 0.218. The maximum absolute atomic E-state index is 10.4. The van der Waals surface area contributed by atoms with Crippen molar-refractivity contribution in [3.63, 3.8) is 0 Å². The molecule has 0 unspecified atom stereocenters. The van der Waals surface area contributed by atoms with Crippen molar-refractivity contribution in [2.75, 3.05) is 19.3 Å². The van der Waals surface area contributed by atoms with Crippen LogP contribution in [0.5, 0.6) is 0 Å². The molecule has 1 aromatic carbocycles. The molecule has 0 radical (unpaired) electrons. The van der Waals surface area contributed by atoms with Crippen molar-refractivity contribution in [2.45, 2.75) is 4.90 Å². The monoisotopic (exact) mass is 279 g/mol. The summed E-state index contributed by atoms with van der Waals surface area (Å²) in [4.78, 5) is 17.4. The van der Waals surface area contributed by atoms with E-state index in [-0.39, 0.29) is 5.96 Å². The quantitative estimate of drug-likeness (QED) is 0.297. The van der Waals surface area contributed by atoms with Gasteiger partial charge in [0.2, 0.25) is 0 Å². The van der Waals surface area contributed by atoms with Crippen LogP contribution in [0.1, 0.15) is 0 Å². The van der Waals surface area contributed by atoms with Crippen LogP contribution in [0.15, 0.2) is 39.3 Å². The Kier molecular flexibility index (Phi) is 4.35. The molecule has 0 amide bonds. The third-order valence-corrected chi connectivity index (χ3v) is 3.29. The molecule has 2 rings (SSSR count). The van der Waals surface area contributed by atoms with Crippen molar-refractivity contribution < 1.29 is 5.03 Å². The van der Waals surface area contributed by atoms with Gasteiger partial charge in [0.15, 0.2) is 5.03 Å². The summed E-state index contributed by atoms with van der Waals surface area (Å²) in [6.45, 7) is 1.22. The van der Waals surface area contributed by atoms with Gasteiger partial charge in [-0.3, -0.25) is 4.90 Å². The first-order valence-electron chi connectivity index (χ1n) is 5.61. The van der Waals surface area contributed by atoms with Gasteiger partial charge in [0.05, 0.1) is 12.0 Å². The normalized spacial score (nSPS) is 17.1. The molecular formula is C11H13N5O2S. The van der Waals surface area contributed by atoms with E-state index in [9.17, 15) is 10.1 Å². The molecule has 0 atom stereocenters. The second kappa shape index (κ2) is 6.19. The molecule has 0 aromatic heterocycles. The van der Waals surface area contributed by atoms with Gasteiger partial charge >= 0.3 is 0 Å². The summed E-state index contributed by atoms with van der Waals surface area (Å²) in [5, 5.41) is 15.8. The molecule has 1 aliphatic heterocycles. The zero-order valence-electron chi connectivity index (χ0n) is 10.3. The maximum Gasteiger partial charge on any atom is 0.276 e. The molecule has 1 saturated heterocycles. The van der Waals surface area contributed by atoms with E-state index in [1.165, 1.54) is 0 Å². The molecule has 0 aliphatic carbocycles. The molecule has 19 heavy (non-hydrogen) atoms. The van der Waals surface area contributed by atoms with E-state index < -0.39 is 5.03 Å². The summed E-state index contributed by atoms with van der Waals surface area (Å²) < 4.78 is 0. The fourth-order valence-corrected chi connectivity index (χ4v) is 2.19. The summed E-state index contributed by atoms with van der Waals surface area (Å²) in [6, 6.07) is 7.73. The topological polar surface area (TPSA) is 83.1 Å². The van der Waals surface area contributed by atoms with E-state index in [2.05, 4.69) is 15.4 Å². The minimum Gasteiger partial charge on any atom is -0.349 e. The number of guanidine groups is 1. The third-order valence-electron chi connectivity index (χ3n) is 2.51. The van der Waals surface area contributed by atoms with Crippen molar-refractivity contribution in [1.29, 1.82) is 0 Å². The molecule has 0 bridgehead atoms. The van der Waals surface area contributed by atoms with Gasteiger partial charge in [-0.05, 0) is 18.4 Å². The van der Waals surface area contributed by atoms with E-state index in [0.29, 0.717) is 13.1 Å². The Labute approximate surface area is 114 Å². The highest BCUT2D eigenvalue weighted by atomic mass is 32.2. The number of aliphatic imine (C=N–C) groups is 1. The number of benzene rings is 1. The molecule has 7 nitrogen and oxygen atoms in total. The van der Waals surface area contributed by atoms with Crippen LogP contribution in [0.4, 0.5) is 5.69 Å². The molecule has 1 fully saturated rings. The largest absolute Gasteiger partial charge is 0.349 e. The first-order valence-corrected chi connectivity index (χ1v) is 6.84. The van der Waals surface area contributed by atoms with Crippen LogP contribution >= 0.6 is 11.8 Å². The van der Waals surface area contributed by atoms with Crippen molar-refractivity contribution in [3.8, 4) is 0 Å². The number of nitrogens with one attached hydrogen (secondary N) is 1. The standard InChI is InChI=1S/C11H13N5O2S/c1-19-10-5-3-2-4-9(10)13-8-15-7-6-12-11(15)14-16(17)18/h2-5,8H,6-7H2,1H3,(H,12,14). The lowest BCUT2D eigenvalue weighted by molar-refractivity contribution is -0.485. The summed E-state index contributed by atoms with van der Waals surface area (Å²) in [5.74, 6) is 0.218. The Morgan fingerprint density at radius 3 is 3.05 bits per heavy atom. The highest BCUT2D eigenvalue weighted by Crippen LogP contribution is 2.26. The summed E-state index contributed by atoms with van der Waals surface area (Å²) >= 11 is 1.60. The molecule has 1 N–H and O–H groups in total. The molecule has 1 aromatic rings. The van der Waals surface area contributed by atoms with E-state index in [1.807, 2.05) is 30.5 Å². The number of nitro groups is 1. The third kappa shape index (κ3) is 3.44. The van der Waals surface area contributed by atoms with E-state index >= 15 is 0 Å². The summed E-state index contributed by atoms with van der Waals surface area (Å²) in [5.41, 5.74) is 0.836. The zero-order chi connectivity index (χ0) is 13.7. The second-order valence-corrected chi connectivity index (χ2v) is 4.55. The molecule has 0 saturated carbocycles. The number of hydrogen-bond donors (Lipinski definition) is 1. The molecule has 100 valence electrons. The summed E-state index contributed by atoms with van der Waals surface area (Å²) in [7, 11) is 0. The van der Waals surface area contributed by atoms with Gasteiger partial charge in [0.1, 0.15) is 5.10 Å². The molecule has 0 spiro atoms. The van der Waals surface area contributed by atoms with Crippen LogP contribution < -0.4 is 5.32 Å². The van der Waals surface area contributed by atoms with Gasteiger partial charge in [-0.2, -0.15) is 0 Å². The Morgan fingerprint density at radius 1 is 1.53 bits per heavy atom. The minimum atomic E-state index is -0.718. The van der Waals surface area contributed by atoms with Gasteiger partial charge in [-0.15, -0.1) is 11.8 Å². The highest BCUT2D eigenvalue weighted by Gasteiger charge is 2.19. The lowest BCUT2D eigenvalue weighted by atomic mass is 10.3. The second-order valence-electron chi connectivity index (χ2n) is 3.70. The van der Waals surface area contributed by atoms with Crippen molar-refractivity contribution in [2.24, 2.45) is 10.1 Å². The molecule has 1 heterocycles. The predicted octanol–water partition coefficient (Wildman–Crippen LogP) is 1.52. The van der Waals surface area contributed by atoms with Crippen molar-refractivity contribution >= 4 is 29.7 Å². The molecule has 1 aliphatic rings. The van der Waals surface area contributed by atoms with E-state index in [4.69, 9.17) is 0 Å². The van der Waals surface area contributed by atoms with Crippen LogP contribution in [0, 0.1) is 10.1 Å². The van der Waals surface area contributed by atoms with E-state index in [1.54, 1.807) is 23.0 Å². The van der Waals surface area contributed by atoms with Gasteiger partial charge in [0.25, 0.3) is 5.96 Å². The van der Waals surface area contributed by atoms with Gasteiger partial charge in [0, 0.05) is 18.0 Å². The first-order chi connectivity index (χ1) is 9.20. The lowest BCUT2D eigenvalue weighted by Gasteiger charge is -2.08. The number of hydrazone groups is 1. The van der Waals surface area contributed by atoms with Gasteiger partial charge < -0.3 is 5.32 Å². The van der Waals surface area contributed by atoms with Crippen LogP contribution in [-0.2, 0) is 0 Å². The number of para-hydroxylation sites is 1. The van der Waals surface area contributed by atoms with Crippen molar-refractivity contribution in [1.82, 2.24) is 10.2 Å². The number of nitrogens with zero attached hydrogens (tertiary/aromatic N) is 4. The summed E-state index contributed by atoms with van der Waals surface area (Å²) in [6.07, 6.45) is 3.54. The van der Waals surface area contributed by atoms with Crippen LogP contribution in [0.2, 0.25) is 0 Å². The Hall–Kier alpha value is -2.09. The maximum atomic E-state index is 10.4. The fraction of sp³-hybridized carbons (Fsp3) is 0.273. The number of hydrogen-bond acceptors (Lipinski definition) is 4. The zero-order valence-corrected chi connectivity index (χ0v) is 11.1. The van der Waals surface area contributed by atoms with Crippen LogP contribution in [0.3, 0.4) is 0 Å². The Morgan fingerprint density at radius 2 is 2.32 bits per heavy atom. The average molecular weight is 279 g/mol. The number of rotatable bonds is 4.